The lowest BCUT2D eigenvalue weighted by Gasteiger charge is -2.36. The molecule has 2 aliphatic rings. The van der Waals surface area contributed by atoms with Crippen LogP contribution >= 0.6 is 24.0 Å². The minimum Gasteiger partial charge on any atom is -0.381 e. The number of nitrogens with one attached hydrogen (secondary N) is 2. The maximum Gasteiger partial charge on any atom is 0.191 e. The van der Waals surface area contributed by atoms with Gasteiger partial charge in [-0.05, 0) is 49.8 Å². The van der Waals surface area contributed by atoms with Crippen molar-refractivity contribution in [2.75, 3.05) is 26.3 Å². The molecule has 2 unspecified atom stereocenters. The van der Waals surface area contributed by atoms with Crippen LogP contribution in [-0.4, -0.2) is 38.3 Å². The van der Waals surface area contributed by atoms with E-state index in [9.17, 15) is 4.39 Å². The minimum atomic E-state index is -0.181. The molecular weight excluding hydrogens is 432 g/mol. The fraction of sp³-hybridized carbons (Fsp3) is 0.632. The fourth-order valence-corrected chi connectivity index (χ4v) is 3.37. The van der Waals surface area contributed by atoms with Crippen molar-refractivity contribution in [3.05, 3.63) is 35.6 Å². The van der Waals surface area contributed by atoms with Crippen LogP contribution in [0, 0.1) is 11.7 Å². The molecule has 3 rings (SSSR count). The van der Waals surface area contributed by atoms with Gasteiger partial charge in [-0.25, -0.2) is 4.39 Å². The van der Waals surface area contributed by atoms with Gasteiger partial charge in [-0.3, -0.25) is 4.99 Å². The van der Waals surface area contributed by atoms with E-state index >= 15 is 0 Å². The molecule has 4 nitrogen and oxygen atoms in total. The minimum absolute atomic E-state index is 0. The van der Waals surface area contributed by atoms with Crippen LogP contribution in [0.3, 0.4) is 0 Å². The Kier molecular flexibility index (Phi) is 7.49. The molecule has 0 aromatic heterocycles. The summed E-state index contributed by atoms with van der Waals surface area (Å²) >= 11 is 0. The Morgan fingerprint density at radius 1 is 1.36 bits per heavy atom. The molecule has 0 radical (unpaired) electrons. The highest BCUT2D eigenvalue weighted by Crippen LogP contribution is 2.35. The number of halogens is 2. The van der Waals surface area contributed by atoms with Gasteiger partial charge >= 0.3 is 0 Å². The molecule has 2 atom stereocenters. The van der Waals surface area contributed by atoms with Gasteiger partial charge in [0.05, 0.1) is 6.54 Å². The maximum absolute atomic E-state index is 13.7. The SMILES string of the molecule is CCNC(=NCC1(c2cccc(F)c2)CCOCC1)NC1CC1C.I. The zero-order valence-electron chi connectivity index (χ0n) is 15.1. The smallest absolute Gasteiger partial charge is 0.191 e. The molecule has 1 saturated carbocycles. The molecule has 1 saturated heterocycles. The molecule has 0 spiro atoms. The number of nitrogens with zero attached hydrogens (tertiary/aromatic N) is 1. The average molecular weight is 461 g/mol. The average Bonchev–Trinajstić information content (AvgIpc) is 3.28. The highest BCUT2D eigenvalue weighted by molar-refractivity contribution is 14.0. The molecule has 6 heteroatoms. The number of hydrogen-bond acceptors (Lipinski definition) is 2. The summed E-state index contributed by atoms with van der Waals surface area (Å²) in [5.74, 6) is 1.41. The molecule has 2 fully saturated rings. The van der Waals surface area contributed by atoms with E-state index < -0.39 is 0 Å². The number of guanidine groups is 1. The third-order valence-electron chi connectivity index (χ3n) is 5.20. The van der Waals surface area contributed by atoms with E-state index in [0.717, 1.165) is 30.9 Å². The maximum atomic E-state index is 13.7. The molecule has 2 N–H and O–H groups in total. The van der Waals surface area contributed by atoms with Gasteiger partial charge in [0.2, 0.25) is 0 Å². The van der Waals surface area contributed by atoms with Gasteiger partial charge in [-0.1, -0.05) is 19.1 Å². The van der Waals surface area contributed by atoms with Gasteiger partial charge in [0.25, 0.3) is 0 Å². The van der Waals surface area contributed by atoms with Gasteiger partial charge in [0.15, 0.2) is 5.96 Å². The van der Waals surface area contributed by atoms with Crippen LogP contribution in [0.2, 0.25) is 0 Å². The summed E-state index contributed by atoms with van der Waals surface area (Å²) in [7, 11) is 0. The number of rotatable bonds is 5. The van der Waals surface area contributed by atoms with E-state index in [-0.39, 0.29) is 35.2 Å². The number of ether oxygens (including phenoxy) is 1. The van der Waals surface area contributed by atoms with Crippen molar-refractivity contribution >= 4 is 29.9 Å². The van der Waals surface area contributed by atoms with Crippen LogP contribution in [0.15, 0.2) is 29.3 Å². The second kappa shape index (κ2) is 9.16. The van der Waals surface area contributed by atoms with E-state index in [1.54, 1.807) is 12.1 Å². The normalized spacial score (nSPS) is 25.0. The Bertz CT molecular complexity index is 590. The Hall–Kier alpha value is -0.890. The van der Waals surface area contributed by atoms with Crippen molar-refractivity contribution < 1.29 is 9.13 Å². The Labute approximate surface area is 167 Å². The van der Waals surface area contributed by atoms with Crippen LogP contribution < -0.4 is 10.6 Å². The van der Waals surface area contributed by atoms with E-state index in [4.69, 9.17) is 9.73 Å². The summed E-state index contributed by atoms with van der Waals surface area (Å²) in [6, 6.07) is 7.50. The van der Waals surface area contributed by atoms with Crippen LogP contribution in [0.4, 0.5) is 4.39 Å². The van der Waals surface area contributed by atoms with Gasteiger partial charge in [0.1, 0.15) is 5.82 Å². The summed E-state index contributed by atoms with van der Waals surface area (Å²) in [6.45, 7) is 7.21. The predicted octanol–water partition coefficient (Wildman–Crippen LogP) is 3.46. The topological polar surface area (TPSA) is 45.7 Å². The molecular formula is C19H29FIN3O. The van der Waals surface area contributed by atoms with E-state index in [0.29, 0.717) is 31.7 Å². The highest BCUT2D eigenvalue weighted by Gasteiger charge is 2.36. The molecule has 1 aliphatic heterocycles. The lowest BCUT2D eigenvalue weighted by Crippen LogP contribution is -2.42. The monoisotopic (exact) mass is 461 g/mol. The molecule has 140 valence electrons. The first-order valence-corrected chi connectivity index (χ1v) is 9.01. The summed E-state index contributed by atoms with van der Waals surface area (Å²) in [5, 5.41) is 6.82. The standard InChI is InChI=1S/C19H28FN3O.HI/c1-3-21-18(23-17-11-14(17)2)22-13-19(7-9-24-10-8-19)15-5-4-6-16(20)12-15;/h4-6,12,14,17H,3,7-11,13H2,1-2H3,(H2,21,22,23);1H. The van der Waals surface area contributed by atoms with Crippen LogP contribution in [0.5, 0.6) is 0 Å². The fourth-order valence-electron chi connectivity index (χ4n) is 3.37. The van der Waals surface area contributed by atoms with Gasteiger partial charge in [0, 0.05) is 31.2 Å². The Morgan fingerprint density at radius 2 is 2.08 bits per heavy atom. The molecule has 1 aromatic rings. The van der Waals surface area contributed by atoms with Gasteiger partial charge < -0.3 is 15.4 Å². The first-order valence-electron chi connectivity index (χ1n) is 9.01. The molecule has 25 heavy (non-hydrogen) atoms. The van der Waals surface area contributed by atoms with E-state index in [2.05, 4.69) is 24.5 Å². The zero-order valence-corrected chi connectivity index (χ0v) is 17.4. The number of hydrogen-bond donors (Lipinski definition) is 2. The van der Waals surface area contributed by atoms with Crippen molar-refractivity contribution in [3.63, 3.8) is 0 Å². The third-order valence-corrected chi connectivity index (χ3v) is 5.20. The molecule has 1 heterocycles. The van der Waals surface area contributed by atoms with Crippen LogP contribution in [-0.2, 0) is 10.2 Å². The number of aliphatic imine (C=N–C) groups is 1. The van der Waals surface area contributed by atoms with Gasteiger partial charge in [-0.2, -0.15) is 0 Å². The van der Waals surface area contributed by atoms with Crippen molar-refractivity contribution in [1.29, 1.82) is 0 Å². The molecule has 0 bridgehead atoms. The lowest BCUT2D eigenvalue weighted by molar-refractivity contribution is 0.0530. The summed E-state index contributed by atoms with van der Waals surface area (Å²) < 4.78 is 19.3. The third kappa shape index (κ3) is 5.29. The Morgan fingerprint density at radius 3 is 2.68 bits per heavy atom. The van der Waals surface area contributed by atoms with E-state index in [1.807, 2.05) is 6.07 Å². The first-order chi connectivity index (χ1) is 11.6. The van der Waals surface area contributed by atoms with Crippen molar-refractivity contribution in [2.45, 2.75) is 44.6 Å². The molecule has 0 amide bonds. The largest absolute Gasteiger partial charge is 0.381 e. The quantitative estimate of drug-likeness (QED) is 0.401. The predicted molar refractivity (Wildman–Crippen MR) is 110 cm³/mol. The van der Waals surface area contributed by atoms with Crippen molar-refractivity contribution in [1.82, 2.24) is 10.6 Å². The lowest BCUT2D eigenvalue weighted by atomic mass is 9.74. The highest BCUT2D eigenvalue weighted by atomic mass is 127. The van der Waals surface area contributed by atoms with E-state index in [1.165, 1.54) is 12.5 Å². The Balaban J connectivity index is 0.00000225. The van der Waals surface area contributed by atoms with Crippen LogP contribution in [0.1, 0.15) is 38.7 Å². The van der Waals surface area contributed by atoms with Crippen molar-refractivity contribution in [3.8, 4) is 0 Å². The second-order valence-corrected chi connectivity index (χ2v) is 7.06. The summed E-state index contributed by atoms with van der Waals surface area (Å²) in [5.41, 5.74) is 0.892. The van der Waals surface area contributed by atoms with Crippen LogP contribution in [0.25, 0.3) is 0 Å². The zero-order chi connectivity index (χ0) is 17.0. The summed E-state index contributed by atoms with van der Waals surface area (Å²) in [6.07, 6.45) is 2.95. The van der Waals surface area contributed by atoms with Crippen molar-refractivity contribution in [2.24, 2.45) is 10.9 Å². The molecule has 1 aromatic carbocycles. The second-order valence-electron chi connectivity index (χ2n) is 7.06. The summed E-state index contributed by atoms with van der Waals surface area (Å²) in [4.78, 5) is 4.85. The first kappa shape index (κ1) is 20.4. The molecule has 1 aliphatic carbocycles. The van der Waals surface area contributed by atoms with Gasteiger partial charge in [-0.15, -0.1) is 24.0 Å². The number of benzene rings is 1.